The molecule has 0 spiro atoms. The van der Waals surface area contributed by atoms with Crippen LogP contribution in [0.3, 0.4) is 0 Å². The maximum Gasteiger partial charge on any atom is 0.317 e. The molecule has 0 aromatic heterocycles. The van der Waals surface area contributed by atoms with E-state index in [1.54, 1.807) is 0 Å². The summed E-state index contributed by atoms with van der Waals surface area (Å²) in [5, 5.41) is 11.9. The second-order valence-electron chi connectivity index (χ2n) is 8.19. The van der Waals surface area contributed by atoms with Gasteiger partial charge in [0.1, 0.15) is 0 Å². The van der Waals surface area contributed by atoms with Crippen LogP contribution in [0.5, 0.6) is 0 Å². The van der Waals surface area contributed by atoms with Crippen LogP contribution >= 0.6 is 12.4 Å². The third kappa shape index (κ3) is 9.07. The Morgan fingerprint density at radius 1 is 1.14 bits per heavy atom. The summed E-state index contributed by atoms with van der Waals surface area (Å²) in [6, 6.07) is 0.278. The molecule has 0 bridgehead atoms. The summed E-state index contributed by atoms with van der Waals surface area (Å²) in [5.41, 5.74) is 0. The van der Waals surface area contributed by atoms with Crippen LogP contribution in [0.25, 0.3) is 0 Å². The third-order valence-corrected chi connectivity index (χ3v) is 5.95. The van der Waals surface area contributed by atoms with Gasteiger partial charge >= 0.3 is 5.97 Å². The maximum atomic E-state index is 12.2. The van der Waals surface area contributed by atoms with Crippen molar-refractivity contribution in [2.45, 2.75) is 64.0 Å². The van der Waals surface area contributed by atoms with Crippen molar-refractivity contribution in [3.8, 4) is 0 Å². The van der Waals surface area contributed by atoms with E-state index >= 15 is 0 Å². The van der Waals surface area contributed by atoms with Gasteiger partial charge in [-0.15, -0.1) is 12.4 Å². The third-order valence-electron chi connectivity index (χ3n) is 5.95. The van der Waals surface area contributed by atoms with Crippen molar-refractivity contribution in [3.05, 3.63) is 0 Å². The van der Waals surface area contributed by atoms with Gasteiger partial charge in [0.25, 0.3) is 0 Å². The molecule has 0 aromatic carbocycles. The first-order valence-corrected chi connectivity index (χ1v) is 10.5. The predicted molar refractivity (Wildman–Crippen MR) is 112 cm³/mol. The summed E-state index contributed by atoms with van der Waals surface area (Å²) in [7, 11) is 1.87. The molecule has 1 saturated carbocycles. The Hall–Kier alpha value is -0.890. The molecule has 2 rings (SSSR count). The molecular formula is C20H38ClN3O4. The van der Waals surface area contributed by atoms with Gasteiger partial charge in [-0.1, -0.05) is 19.8 Å². The molecule has 1 saturated heterocycles. The molecule has 0 aromatic rings. The van der Waals surface area contributed by atoms with E-state index in [2.05, 4.69) is 17.1 Å². The van der Waals surface area contributed by atoms with Crippen LogP contribution < -0.4 is 5.32 Å². The van der Waals surface area contributed by atoms with Crippen LogP contribution in [0, 0.1) is 5.92 Å². The highest BCUT2D eigenvalue weighted by Crippen LogP contribution is 2.26. The fourth-order valence-corrected chi connectivity index (χ4v) is 4.27. The Morgan fingerprint density at radius 3 is 2.61 bits per heavy atom. The van der Waals surface area contributed by atoms with Gasteiger partial charge < -0.3 is 15.2 Å². The fourth-order valence-electron chi connectivity index (χ4n) is 4.27. The van der Waals surface area contributed by atoms with Crippen molar-refractivity contribution in [2.75, 3.05) is 46.4 Å². The number of hydrogen-bond donors (Lipinski definition) is 2. The van der Waals surface area contributed by atoms with Crippen LogP contribution in [-0.4, -0.2) is 85.3 Å². The molecule has 1 heterocycles. The summed E-state index contributed by atoms with van der Waals surface area (Å²) in [4.78, 5) is 27.2. The van der Waals surface area contributed by atoms with E-state index in [1.807, 2.05) is 11.9 Å². The topological polar surface area (TPSA) is 82.1 Å². The molecule has 28 heavy (non-hydrogen) atoms. The molecule has 2 N–H and O–H groups in total. The van der Waals surface area contributed by atoms with E-state index in [1.165, 1.54) is 19.3 Å². The minimum Gasteiger partial charge on any atom is -0.480 e. The van der Waals surface area contributed by atoms with E-state index in [4.69, 9.17) is 9.84 Å². The second kappa shape index (κ2) is 13.4. The van der Waals surface area contributed by atoms with Crippen LogP contribution in [0.1, 0.15) is 51.9 Å². The number of aliphatic carboxylic acids is 1. The molecule has 1 aliphatic carbocycles. The number of likely N-dealkylation sites (N-methyl/N-ethyl adjacent to an activating group) is 1. The van der Waals surface area contributed by atoms with Crippen molar-refractivity contribution in [1.29, 1.82) is 0 Å². The number of hydrogen-bond acceptors (Lipinski definition) is 5. The van der Waals surface area contributed by atoms with Crippen LogP contribution in [0.15, 0.2) is 0 Å². The summed E-state index contributed by atoms with van der Waals surface area (Å²) < 4.78 is 5.95. The molecule has 7 nitrogen and oxygen atoms in total. The Kier molecular flexibility index (Phi) is 12.0. The van der Waals surface area contributed by atoms with E-state index in [0.717, 1.165) is 38.8 Å². The van der Waals surface area contributed by atoms with Crippen LogP contribution in [0.2, 0.25) is 0 Å². The van der Waals surface area contributed by atoms with Gasteiger partial charge in [-0.25, -0.2) is 0 Å². The highest BCUT2D eigenvalue weighted by molar-refractivity contribution is 5.85. The normalized spacial score (nSPS) is 26.3. The number of carbonyl (C=O) groups excluding carboxylic acids is 1. The molecule has 0 radical (unpaired) electrons. The van der Waals surface area contributed by atoms with Crippen molar-refractivity contribution in [3.63, 3.8) is 0 Å². The van der Waals surface area contributed by atoms with E-state index in [-0.39, 0.29) is 30.9 Å². The first kappa shape index (κ1) is 25.1. The number of likely N-dealkylation sites (tertiary alicyclic amines) is 1. The lowest BCUT2D eigenvalue weighted by molar-refractivity contribution is -0.138. The Morgan fingerprint density at radius 2 is 1.89 bits per heavy atom. The Labute approximate surface area is 175 Å². The van der Waals surface area contributed by atoms with Crippen molar-refractivity contribution in [1.82, 2.24) is 15.1 Å². The lowest BCUT2D eigenvalue weighted by atomic mass is 9.88. The van der Waals surface area contributed by atoms with Crippen molar-refractivity contribution in [2.24, 2.45) is 5.92 Å². The molecule has 1 amide bonds. The molecule has 3 atom stereocenters. The van der Waals surface area contributed by atoms with Crippen molar-refractivity contribution >= 4 is 24.3 Å². The lowest BCUT2D eigenvalue weighted by Gasteiger charge is -2.28. The number of carboxylic acids is 1. The first-order valence-electron chi connectivity index (χ1n) is 10.5. The number of carbonyl (C=O) groups is 2. The monoisotopic (exact) mass is 419 g/mol. The highest BCUT2D eigenvalue weighted by atomic mass is 35.5. The first-order chi connectivity index (χ1) is 13.0. The number of carboxylic acid groups (broad SMARTS) is 1. The minimum absolute atomic E-state index is 0. The maximum absolute atomic E-state index is 12.2. The minimum atomic E-state index is -0.789. The highest BCUT2D eigenvalue weighted by Gasteiger charge is 2.23. The zero-order valence-corrected chi connectivity index (χ0v) is 18.2. The smallest absolute Gasteiger partial charge is 0.317 e. The summed E-state index contributed by atoms with van der Waals surface area (Å²) in [6.07, 6.45) is 8.16. The van der Waals surface area contributed by atoms with Crippen LogP contribution in [0.4, 0.5) is 0 Å². The van der Waals surface area contributed by atoms with E-state index in [0.29, 0.717) is 31.7 Å². The Balaban J connectivity index is 0.00000392. The number of halogens is 1. The van der Waals surface area contributed by atoms with Gasteiger partial charge in [-0.05, 0) is 51.6 Å². The number of rotatable bonds is 9. The zero-order valence-electron chi connectivity index (χ0n) is 17.4. The van der Waals surface area contributed by atoms with Gasteiger partial charge in [0, 0.05) is 19.1 Å². The average Bonchev–Trinajstić information content (AvgIpc) is 2.85. The summed E-state index contributed by atoms with van der Waals surface area (Å²) in [6.45, 7) is 5.62. The van der Waals surface area contributed by atoms with Gasteiger partial charge in [-0.2, -0.15) is 0 Å². The Bertz CT molecular complexity index is 480. The lowest BCUT2D eigenvalue weighted by Crippen LogP contribution is -2.40. The SMILES string of the molecule is CC1CCCCC1OCCNC(=O)CN1CCCC(N(C)CC(=O)O)CC1.Cl. The number of nitrogens with zero attached hydrogens (tertiary/aromatic N) is 2. The number of amides is 1. The standard InChI is InChI=1S/C20H37N3O4.ClH/c1-16-6-3-4-8-18(16)27-13-10-21-19(24)14-23-11-5-7-17(9-12-23)22(2)15-20(25)26;/h16-18H,3-15H2,1-2H3,(H,21,24)(H,25,26);1H. The summed E-state index contributed by atoms with van der Waals surface area (Å²) >= 11 is 0. The molecule has 8 heteroatoms. The fraction of sp³-hybridized carbons (Fsp3) is 0.900. The van der Waals surface area contributed by atoms with Gasteiger partial charge in [0.2, 0.25) is 5.91 Å². The zero-order chi connectivity index (χ0) is 19.6. The van der Waals surface area contributed by atoms with Crippen LogP contribution in [-0.2, 0) is 14.3 Å². The molecule has 164 valence electrons. The molecule has 2 fully saturated rings. The summed E-state index contributed by atoms with van der Waals surface area (Å²) in [5.74, 6) is -0.116. The number of nitrogens with one attached hydrogen (secondary N) is 1. The molecule has 2 aliphatic rings. The number of ether oxygens (including phenoxy) is 1. The van der Waals surface area contributed by atoms with Gasteiger partial charge in [0.15, 0.2) is 0 Å². The van der Waals surface area contributed by atoms with E-state index < -0.39 is 5.97 Å². The average molecular weight is 420 g/mol. The van der Waals surface area contributed by atoms with Gasteiger partial charge in [-0.3, -0.25) is 19.4 Å². The second-order valence-corrected chi connectivity index (χ2v) is 8.19. The predicted octanol–water partition coefficient (Wildman–Crippen LogP) is 1.99. The molecule has 1 aliphatic heterocycles. The quantitative estimate of drug-likeness (QED) is 0.556. The van der Waals surface area contributed by atoms with Gasteiger partial charge in [0.05, 0.1) is 25.8 Å². The largest absolute Gasteiger partial charge is 0.480 e. The van der Waals surface area contributed by atoms with Crippen molar-refractivity contribution < 1.29 is 19.4 Å². The molecule has 3 unspecified atom stereocenters. The van der Waals surface area contributed by atoms with E-state index in [9.17, 15) is 9.59 Å². The molecular weight excluding hydrogens is 382 g/mol.